The zero-order valence-electron chi connectivity index (χ0n) is 11.6. The zero-order chi connectivity index (χ0) is 13.5. The number of carbonyl (C=O) groups is 1. The van der Waals surface area contributed by atoms with Crippen LogP contribution in [-0.2, 0) is 9.53 Å². The monoisotopic (exact) mass is 250 g/mol. The maximum absolute atomic E-state index is 10.7. The highest BCUT2D eigenvalue weighted by atomic mass is 16.6. The highest BCUT2D eigenvalue weighted by Crippen LogP contribution is 2.21. The summed E-state index contributed by atoms with van der Waals surface area (Å²) in [6.45, 7) is 7.98. The standard InChI is InChI=1S/C15H22O3/c1-5-11(2)14-6-8-15(9-7-14)17-10-12(3)18-13(4)16/h6-9,11-12H,5,10H2,1-4H3. The van der Waals surface area contributed by atoms with Crippen LogP contribution in [0, 0.1) is 0 Å². The summed E-state index contributed by atoms with van der Waals surface area (Å²) in [5, 5.41) is 0. The average Bonchev–Trinajstić information content (AvgIpc) is 2.35. The summed E-state index contributed by atoms with van der Waals surface area (Å²) in [5.41, 5.74) is 1.32. The van der Waals surface area contributed by atoms with Gasteiger partial charge in [-0.1, -0.05) is 26.0 Å². The van der Waals surface area contributed by atoms with E-state index in [4.69, 9.17) is 9.47 Å². The van der Waals surface area contributed by atoms with Gasteiger partial charge in [-0.05, 0) is 37.0 Å². The normalized spacial score (nSPS) is 13.8. The fourth-order valence-electron chi connectivity index (χ4n) is 1.66. The molecule has 3 nitrogen and oxygen atoms in total. The van der Waals surface area contributed by atoms with E-state index in [0.717, 1.165) is 12.2 Å². The van der Waals surface area contributed by atoms with Gasteiger partial charge >= 0.3 is 5.97 Å². The number of rotatable bonds is 6. The van der Waals surface area contributed by atoms with Gasteiger partial charge < -0.3 is 9.47 Å². The molecule has 0 aromatic heterocycles. The second-order valence-corrected chi connectivity index (χ2v) is 4.61. The molecule has 2 unspecified atom stereocenters. The third-order valence-corrected chi connectivity index (χ3v) is 2.91. The van der Waals surface area contributed by atoms with Crippen LogP contribution in [0.2, 0.25) is 0 Å². The maximum atomic E-state index is 10.7. The molecule has 3 heteroatoms. The highest BCUT2D eigenvalue weighted by Gasteiger charge is 2.07. The first-order chi connectivity index (χ1) is 8.52. The quantitative estimate of drug-likeness (QED) is 0.724. The lowest BCUT2D eigenvalue weighted by Crippen LogP contribution is -2.20. The second-order valence-electron chi connectivity index (χ2n) is 4.61. The molecule has 0 saturated carbocycles. The van der Waals surface area contributed by atoms with Crippen LogP contribution in [0.4, 0.5) is 0 Å². The van der Waals surface area contributed by atoms with Crippen molar-refractivity contribution in [3.63, 3.8) is 0 Å². The predicted molar refractivity (Wildman–Crippen MR) is 71.9 cm³/mol. The molecule has 100 valence electrons. The summed E-state index contributed by atoms with van der Waals surface area (Å²) in [5.74, 6) is 1.10. The average molecular weight is 250 g/mol. The van der Waals surface area contributed by atoms with Gasteiger partial charge in [-0.25, -0.2) is 0 Å². The van der Waals surface area contributed by atoms with Gasteiger partial charge in [-0.15, -0.1) is 0 Å². The molecule has 0 aliphatic carbocycles. The van der Waals surface area contributed by atoms with Crippen LogP contribution < -0.4 is 4.74 Å². The number of carbonyl (C=O) groups excluding carboxylic acids is 1. The minimum Gasteiger partial charge on any atom is -0.490 e. The molecule has 1 aromatic carbocycles. The molecule has 1 aromatic rings. The summed E-state index contributed by atoms with van der Waals surface area (Å²) in [6.07, 6.45) is 0.903. The molecule has 2 atom stereocenters. The van der Waals surface area contributed by atoms with Crippen LogP contribution in [0.15, 0.2) is 24.3 Å². The van der Waals surface area contributed by atoms with Gasteiger partial charge in [0.15, 0.2) is 0 Å². The third-order valence-electron chi connectivity index (χ3n) is 2.91. The summed E-state index contributed by atoms with van der Waals surface area (Å²) in [7, 11) is 0. The fourth-order valence-corrected chi connectivity index (χ4v) is 1.66. The Hall–Kier alpha value is -1.51. The van der Waals surface area contributed by atoms with Crippen molar-refractivity contribution in [1.82, 2.24) is 0 Å². The van der Waals surface area contributed by atoms with E-state index in [1.54, 1.807) is 0 Å². The summed E-state index contributed by atoms with van der Waals surface area (Å²) in [4.78, 5) is 10.7. The smallest absolute Gasteiger partial charge is 0.303 e. The van der Waals surface area contributed by atoms with Crippen LogP contribution in [0.1, 0.15) is 45.6 Å². The van der Waals surface area contributed by atoms with Crippen LogP contribution in [0.3, 0.4) is 0 Å². The largest absolute Gasteiger partial charge is 0.490 e. The van der Waals surface area contributed by atoms with E-state index in [1.165, 1.54) is 12.5 Å². The Balaban J connectivity index is 2.46. The minimum absolute atomic E-state index is 0.225. The van der Waals surface area contributed by atoms with Crippen LogP contribution in [0.5, 0.6) is 5.75 Å². The van der Waals surface area contributed by atoms with Gasteiger partial charge in [0.25, 0.3) is 0 Å². The Labute approximate surface area is 109 Å². The topological polar surface area (TPSA) is 35.5 Å². The Morgan fingerprint density at radius 3 is 2.33 bits per heavy atom. The van der Waals surface area contributed by atoms with Crippen molar-refractivity contribution in [3.8, 4) is 5.75 Å². The number of esters is 1. The predicted octanol–water partition coefficient (Wildman–Crippen LogP) is 3.53. The van der Waals surface area contributed by atoms with Crippen molar-refractivity contribution < 1.29 is 14.3 Å². The van der Waals surface area contributed by atoms with Gasteiger partial charge in [-0.2, -0.15) is 0 Å². The lowest BCUT2D eigenvalue weighted by atomic mass is 9.99. The molecule has 0 saturated heterocycles. The molecule has 0 radical (unpaired) electrons. The molecule has 0 heterocycles. The Bertz CT molecular complexity index is 370. The molecular weight excluding hydrogens is 228 g/mol. The Kier molecular flexibility index (Phi) is 5.69. The summed E-state index contributed by atoms with van der Waals surface area (Å²) in [6, 6.07) is 8.09. The van der Waals surface area contributed by atoms with E-state index in [-0.39, 0.29) is 12.1 Å². The zero-order valence-corrected chi connectivity index (χ0v) is 11.6. The molecular formula is C15H22O3. The van der Waals surface area contributed by atoms with Crippen molar-refractivity contribution in [2.24, 2.45) is 0 Å². The molecule has 1 rings (SSSR count). The van der Waals surface area contributed by atoms with Crippen LogP contribution in [-0.4, -0.2) is 18.7 Å². The van der Waals surface area contributed by atoms with Gasteiger partial charge in [0.2, 0.25) is 0 Å². The van der Waals surface area contributed by atoms with Gasteiger partial charge in [0, 0.05) is 6.92 Å². The summed E-state index contributed by atoms with van der Waals surface area (Å²) < 4.78 is 10.5. The first-order valence-electron chi connectivity index (χ1n) is 6.43. The van der Waals surface area contributed by atoms with E-state index in [9.17, 15) is 4.79 Å². The first-order valence-corrected chi connectivity index (χ1v) is 6.43. The van der Waals surface area contributed by atoms with E-state index in [2.05, 4.69) is 26.0 Å². The molecule has 0 aliphatic heterocycles. The van der Waals surface area contributed by atoms with Crippen LogP contribution in [0.25, 0.3) is 0 Å². The highest BCUT2D eigenvalue weighted by molar-refractivity contribution is 5.66. The molecule has 0 amide bonds. The van der Waals surface area contributed by atoms with Crippen molar-refractivity contribution >= 4 is 5.97 Å². The van der Waals surface area contributed by atoms with E-state index in [0.29, 0.717) is 12.5 Å². The van der Waals surface area contributed by atoms with E-state index in [1.807, 2.05) is 19.1 Å². The van der Waals surface area contributed by atoms with Crippen molar-refractivity contribution in [1.29, 1.82) is 0 Å². The SMILES string of the molecule is CCC(C)c1ccc(OCC(C)OC(C)=O)cc1. The third kappa shape index (κ3) is 4.78. The van der Waals surface area contributed by atoms with Gasteiger partial charge in [0.1, 0.15) is 18.5 Å². The minimum atomic E-state index is -0.279. The number of benzene rings is 1. The first kappa shape index (κ1) is 14.6. The Morgan fingerprint density at radius 1 is 1.22 bits per heavy atom. The maximum Gasteiger partial charge on any atom is 0.303 e. The molecule has 0 spiro atoms. The lowest BCUT2D eigenvalue weighted by molar-refractivity contribution is -0.146. The fraction of sp³-hybridized carbons (Fsp3) is 0.533. The number of hydrogen-bond acceptors (Lipinski definition) is 3. The van der Waals surface area contributed by atoms with Crippen molar-refractivity contribution in [2.45, 2.75) is 46.1 Å². The van der Waals surface area contributed by atoms with E-state index < -0.39 is 0 Å². The van der Waals surface area contributed by atoms with Crippen molar-refractivity contribution in [3.05, 3.63) is 29.8 Å². The Morgan fingerprint density at radius 2 is 1.83 bits per heavy atom. The lowest BCUT2D eigenvalue weighted by Gasteiger charge is -2.14. The number of hydrogen-bond donors (Lipinski definition) is 0. The van der Waals surface area contributed by atoms with Gasteiger partial charge in [-0.3, -0.25) is 4.79 Å². The molecule has 0 bridgehead atoms. The molecule has 18 heavy (non-hydrogen) atoms. The summed E-state index contributed by atoms with van der Waals surface area (Å²) >= 11 is 0. The second kappa shape index (κ2) is 7.04. The van der Waals surface area contributed by atoms with Crippen LogP contribution >= 0.6 is 0 Å². The molecule has 0 N–H and O–H groups in total. The molecule has 0 aliphatic rings. The van der Waals surface area contributed by atoms with Gasteiger partial charge in [0.05, 0.1) is 0 Å². The van der Waals surface area contributed by atoms with E-state index >= 15 is 0 Å². The molecule has 0 fully saturated rings. The number of ether oxygens (including phenoxy) is 2. The van der Waals surface area contributed by atoms with Crippen molar-refractivity contribution in [2.75, 3.05) is 6.61 Å².